The first-order valence-corrected chi connectivity index (χ1v) is 6.73. The Morgan fingerprint density at radius 3 is 2.83 bits per heavy atom. The molecule has 1 N–H and O–H groups in total. The van der Waals surface area contributed by atoms with Crippen LogP contribution in [0.2, 0.25) is 0 Å². The van der Waals surface area contributed by atoms with Crippen LogP contribution >= 0.6 is 0 Å². The molecular formula is C15H22FNO. The molecule has 0 aliphatic heterocycles. The van der Waals surface area contributed by atoms with Crippen molar-refractivity contribution in [1.82, 2.24) is 5.32 Å². The summed E-state index contributed by atoms with van der Waals surface area (Å²) in [5, 5.41) is 2.89. The molecule has 100 valence electrons. The molecular weight excluding hydrogens is 229 g/mol. The molecule has 0 unspecified atom stereocenters. The van der Waals surface area contributed by atoms with Crippen molar-refractivity contribution in [2.24, 2.45) is 0 Å². The van der Waals surface area contributed by atoms with Gasteiger partial charge in [-0.25, -0.2) is 4.39 Å². The van der Waals surface area contributed by atoms with E-state index >= 15 is 0 Å². The van der Waals surface area contributed by atoms with E-state index in [0.29, 0.717) is 12.8 Å². The van der Waals surface area contributed by atoms with Gasteiger partial charge in [0.15, 0.2) is 0 Å². The first-order valence-electron chi connectivity index (χ1n) is 6.73. The smallest absolute Gasteiger partial charge is 0.220 e. The van der Waals surface area contributed by atoms with Crippen LogP contribution in [0.4, 0.5) is 4.39 Å². The van der Waals surface area contributed by atoms with E-state index in [2.05, 4.69) is 12.2 Å². The minimum absolute atomic E-state index is 0.0516. The van der Waals surface area contributed by atoms with Crippen molar-refractivity contribution in [2.45, 2.75) is 45.4 Å². The molecule has 1 amide bonds. The molecule has 1 aromatic rings. The van der Waals surface area contributed by atoms with Crippen LogP contribution in [0.25, 0.3) is 0 Å². The summed E-state index contributed by atoms with van der Waals surface area (Å²) in [5.74, 6) is -0.191. The van der Waals surface area contributed by atoms with Crippen molar-refractivity contribution < 1.29 is 9.18 Å². The third-order valence-electron chi connectivity index (χ3n) is 2.88. The lowest BCUT2D eigenvalue weighted by atomic mass is 10.1. The van der Waals surface area contributed by atoms with E-state index in [4.69, 9.17) is 0 Å². The fraction of sp³-hybridized carbons (Fsp3) is 0.533. The highest BCUT2D eigenvalue weighted by Crippen LogP contribution is 2.06. The van der Waals surface area contributed by atoms with Gasteiger partial charge in [0.25, 0.3) is 0 Å². The Bertz CT molecular complexity index is 365. The fourth-order valence-electron chi connectivity index (χ4n) is 1.82. The average molecular weight is 251 g/mol. The van der Waals surface area contributed by atoms with Crippen LogP contribution in [0, 0.1) is 5.82 Å². The highest BCUT2D eigenvalue weighted by molar-refractivity contribution is 5.76. The topological polar surface area (TPSA) is 29.1 Å². The molecule has 18 heavy (non-hydrogen) atoms. The predicted molar refractivity (Wildman–Crippen MR) is 71.9 cm³/mol. The van der Waals surface area contributed by atoms with Crippen LogP contribution in [0.5, 0.6) is 0 Å². The molecule has 1 aromatic carbocycles. The van der Waals surface area contributed by atoms with Crippen molar-refractivity contribution >= 4 is 5.91 Å². The summed E-state index contributed by atoms with van der Waals surface area (Å²) in [7, 11) is 0. The Morgan fingerprint density at radius 2 is 2.11 bits per heavy atom. The second-order valence-corrected chi connectivity index (χ2v) is 4.54. The van der Waals surface area contributed by atoms with E-state index in [9.17, 15) is 9.18 Å². The van der Waals surface area contributed by atoms with Gasteiger partial charge < -0.3 is 5.32 Å². The molecule has 0 spiro atoms. The maximum absolute atomic E-state index is 12.9. The molecule has 2 nitrogen and oxygen atoms in total. The number of nitrogens with one attached hydrogen (secondary N) is 1. The number of benzene rings is 1. The van der Waals surface area contributed by atoms with Gasteiger partial charge in [-0.1, -0.05) is 38.3 Å². The van der Waals surface area contributed by atoms with E-state index in [1.54, 1.807) is 6.07 Å². The second kappa shape index (κ2) is 8.67. The third kappa shape index (κ3) is 6.38. The van der Waals surface area contributed by atoms with Gasteiger partial charge in [0, 0.05) is 13.0 Å². The maximum atomic E-state index is 12.9. The second-order valence-electron chi connectivity index (χ2n) is 4.54. The van der Waals surface area contributed by atoms with Crippen molar-refractivity contribution in [2.75, 3.05) is 6.54 Å². The van der Waals surface area contributed by atoms with Crippen LogP contribution in [0.1, 0.15) is 44.6 Å². The molecule has 0 atom stereocenters. The maximum Gasteiger partial charge on any atom is 0.220 e. The number of halogens is 1. The quantitative estimate of drug-likeness (QED) is 0.704. The molecule has 0 heterocycles. The van der Waals surface area contributed by atoms with E-state index < -0.39 is 0 Å². The summed E-state index contributed by atoms with van der Waals surface area (Å²) in [6.07, 6.45) is 5.66. The number of amides is 1. The Labute approximate surface area is 109 Å². The summed E-state index contributed by atoms with van der Waals surface area (Å²) in [6, 6.07) is 6.41. The monoisotopic (exact) mass is 251 g/mol. The zero-order valence-electron chi connectivity index (χ0n) is 11.0. The van der Waals surface area contributed by atoms with E-state index in [-0.39, 0.29) is 11.7 Å². The highest BCUT2D eigenvalue weighted by Gasteiger charge is 2.02. The number of unbranched alkanes of at least 4 members (excludes halogenated alkanes) is 3. The number of carbonyl (C=O) groups is 1. The van der Waals surface area contributed by atoms with Crippen LogP contribution in [0.15, 0.2) is 24.3 Å². The zero-order chi connectivity index (χ0) is 13.2. The standard InChI is InChI=1S/C15H22FNO/c1-2-3-4-5-11-17-15(18)10-9-13-7-6-8-14(16)12-13/h6-8,12H,2-5,9-11H2,1H3,(H,17,18). The molecule has 0 fully saturated rings. The number of hydrogen-bond donors (Lipinski definition) is 1. The van der Waals surface area contributed by atoms with Crippen LogP contribution in [-0.2, 0) is 11.2 Å². The lowest BCUT2D eigenvalue weighted by Crippen LogP contribution is -2.24. The SMILES string of the molecule is CCCCCCNC(=O)CCc1cccc(F)c1. The van der Waals surface area contributed by atoms with Gasteiger partial charge >= 0.3 is 0 Å². The van der Waals surface area contributed by atoms with E-state index in [1.807, 2.05) is 6.07 Å². The molecule has 0 aromatic heterocycles. The number of rotatable bonds is 8. The van der Waals surface area contributed by atoms with Crippen molar-refractivity contribution in [3.8, 4) is 0 Å². The predicted octanol–water partition coefficient (Wildman–Crippen LogP) is 3.45. The third-order valence-corrected chi connectivity index (χ3v) is 2.88. The molecule has 0 aliphatic rings. The molecule has 1 rings (SSSR count). The normalized spacial score (nSPS) is 10.3. The number of aryl methyl sites for hydroxylation is 1. The summed E-state index contributed by atoms with van der Waals surface area (Å²) in [4.78, 5) is 11.5. The summed E-state index contributed by atoms with van der Waals surface area (Å²) in [6.45, 7) is 2.92. The molecule has 0 radical (unpaired) electrons. The van der Waals surface area contributed by atoms with E-state index in [1.165, 1.54) is 31.4 Å². The van der Waals surface area contributed by atoms with Gasteiger partial charge in [-0.3, -0.25) is 4.79 Å². The van der Waals surface area contributed by atoms with Crippen molar-refractivity contribution in [3.63, 3.8) is 0 Å². The summed E-state index contributed by atoms with van der Waals surface area (Å²) < 4.78 is 12.9. The van der Waals surface area contributed by atoms with Crippen molar-refractivity contribution in [1.29, 1.82) is 0 Å². The van der Waals surface area contributed by atoms with Crippen LogP contribution in [-0.4, -0.2) is 12.5 Å². The Hall–Kier alpha value is -1.38. The molecule has 3 heteroatoms. The molecule has 0 aliphatic carbocycles. The van der Waals surface area contributed by atoms with E-state index in [0.717, 1.165) is 18.5 Å². The highest BCUT2D eigenvalue weighted by atomic mass is 19.1. The summed E-state index contributed by atoms with van der Waals surface area (Å²) in [5.41, 5.74) is 0.871. The Balaban J connectivity index is 2.13. The van der Waals surface area contributed by atoms with Gasteiger partial charge in [0.1, 0.15) is 5.82 Å². The number of hydrogen-bond acceptors (Lipinski definition) is 1. The molecule has 0 bridgehead atoms. The largest absolute Gasteiger partial charge is 0.356 e. The fourth-order valence-corrected chi connectivity index (χ4v) is 1.82. The Morgan fingerprint density at radius 1 is 1.28 bits per heavy atom. The Kier molecular flexibility index (Phi) is 7.07. The van der Waals surface area contributed by atoms with Gasteiger partial charge in [0.05, 0.1) is 0 Å². The zero-order valence-corrected chi connectivity index (χ0v) is 11.0. The minimum atomic E-state index is -0.243. The van der Waals surface area contributed by atoms with Gasteiger partial charge in [-0.05, 0) is 30.5 Å². The lowest BCUT2D eigenvalue weighted by molar-refractivity contribution is -0.121. The number of carbonyl (C=O) groups excluding carboxylic acids is 1. The van der Waals surface area contributed by atoms with Crippen molar-refractivity contribution in [3.05, 3.63) is 35.6 Å². The molecule has 0 saturated heterocycles. The lowest BCUT2D eigenvalue weighted by Gasteiger charge is -2.05. The van der Waals surface area contributed by atoms with Gasteiger partial charge in [-0.2, -0.15) is 0 Å². The van der Waals surface area contributed by atoms with Gasteiger partial charge in [0.2, 0.25) is 5.91 Å². The van der Waals surface area contributed by atoms with Crippen LogP contribution < -0.4 is 5.32 Å². The first-order chi connectivity index (χ1) is 8.72. The molecule has 0 saturated carbocycles. The first kappa shape index (κ1) is 14.7. The van der Waals surface area contributed by atoms with Gasteiger partial charge in [-0.15, -0.1) is 0 Å². The minimum Gasteiger partial charge on any atom is -0.356 e. The summed E-state index contributed by atoms with van der Waals surface area (Å²) >= 11 is 0. The average Bonchev–Trinajstić information content (AvgIpc) is 2.36. The van der Waals surface area contributed by atoms with Crippen LogP contribution in [0.3, 0.4) is 0 Å².